The van der Waals surface area contributed by atoms with Gasteiger partial charge in [-0.2, -0.15) is 0 Å². The predicted molar refractivity (Wildman–Crippen MR) is 92.2 cm³/mol. The van der Waals surface area contributed by atoms with Gasteiger partial charge in [0, 0.05) is 39.3 Å². The number of piperidine rings is 1. The first-order chi connectivity index (χ1) is 11.0. The molecule has 128 valence electrons. The molecule has 0 bridgehead atoms. The minimum Gasteiger partial charge on any atom is -0.393 e. The van der Waals surface area contributed by atoms with Crippen LogP contribution >= 0.6 is 11.6 Å². The van der Waals surface area contributed by atoms with Gasteiger partial charge in [-0.25, -0.2) is 4.98 Å². The van der Waals surface area contributed by atoms with E-state index in [1.54, 1.807) is 12.1 Å². The van der Waals surface area contributed by atoms with Crippen molar-refractivity contribution in [1.29, 1.82) is 0 Å². The third-order valence-corrected chi connectivity index (χ3v) is 4.19. The molecule has 0 saturated carbocycles. The number of aromatic nitrogens is 1. The molecule has 2 heterocycles. The molecule has 1 fully saturated rings. The number of carbonyl (C=O) groups excluding carboxylic acids is 1. The van der Waals surface area contributed by atoms with Crippen molar-refractivity contribution >= 4 is 23.3 Å². The molecular formula is C16H25ClN4O2. The second-order valence-corrected chi connectivity index (χ2v) is 6.50. The molecule has 0 radical (unpaired) electrons. The minimum atomic E-state index is -0.145. The summed E-state index contributed by atoms with van der Waals surface area (Å²) in [6.45, 7) is 3.42. The van der Waals surface area contributed by atoms with Crippen LogP contribution in [0.4, 0.5) is 5.82 Å². The molecule has 0 spiro atoms. The zero-order valence-corrected chi connectivity index (χ0v) is 14.5. The lowest BCUT2D eigenvalue weighted by molar-refractivity contribution is 0.0816. The SMILES string of the molecule is CN(C)c1cc(C(=O)NCCCN2CCC(O)CC2)cc(Cl)n1. The summed E-state index contributed by atoms with van der Waals surface area (Å²) >= 11 is 5.97. The smallest absolute Gasteiger partial charge is 0.251 e. The second kappa shape index (κ2) is 8.47. The predicted octanol–water partition coefficient (Wildman–Crippen LogP) is 1.38. The number of likely N-dealkylation sites (tertiary alicyclic amines) is 1. The fourth-order valence-corrected chi connectivity index (χ4v) is 2.80. The number of carbonyl (C=O) groups is 1. The average molecular weight is 341 g/mol. The van der Waals surface area contributed by atoms with Gasteiger partial charge in [0.2, 0.25) is 0 Å². The van der Waals surface area contributed by atoms with E-state index in [4.69, 9.17) is 11.6 Å². The molecule has 1 saturated heterocycles. The number of hydrogen-bond acceptors (Lipinski definition) is 5. The highest BCUT2D eigenvalue weighted by atomic mass is 35.5. The van der Waals surface area contributed by atoms with Crippen LogP contribution in [0.1, 0.15) is 29.6 Å². The maximum atomic E-state index is 12.2. The first kappa shape index (κ1) is 18.0. The van der Waals surface area contributed by atoms with E-state index in [2.05, 4.69) is 15.2 Å². The van der Waals surface area contributed by atoms with E-state index < -0.39 is 0 Å². The molecule has 0 atom stereocenters. The van der Waals surface area contributed by atoms with Crippen LogP contribution in [-0.2, 0) is 0 Å². The Morgan fingerprint density at radius 3 is 2.78 bits per heavy atom. The van der Waals surface area contributed by atoms with Crippen LogP contribution in [-0.4, -0.2) is 67.3 Å². The van der Waals surface area contributed by atoms with Crippen molar-refractivity contribution in [3.8, 4) is 0 Å². The Morgan fingerprint density at radius 2 is 2.13 bits per heavy atom. The number of nitrogens with one attached hydrogen (secondary N) is 1. The summed E-state index contributed by atoms with van der Waals surface area (Å²) in [5.41, 5.74) is 0.523. The maximum absolute atomic E-state index is 12.2. The van der Waals surface area contributed by atoms with Gasteiger partial charge in [0.1, 0.15) is 11.0 Å². The van der Waals surface area contributed by atoms with Crippen LogP contribution in [0, 0.1) is 0 Å². The van der Waals surface area contributed by atoms with E-state index in [1.165, 1.54) is 0 Å². The average Bonchev–Trinajstić information content (AvgIpc) is 2.52. The highest BCUT2D eigenvalue weighted by Crippen LogP contribution is 2.16. The van der Waals surface area contributed by atoms with Crippen molar-refractivity contribution in [3.05, 3.63) is 22.8 Å². The van der Waals surface area contributed by atoms with Crippen molar-refractivity contribution < 1.29 is 9.90 Å². The molecule has 2 rings (SSSR count). The molecule has 7 heteroatoms. The molecule has 1 aromatic heterocycles. The third kappa shape index (κ3) is 5.64. The largest absolute Gasteiger partial charge is 0.393 e. The van der Waals surface area contributed by atoms with Gasteiger partial charge in [0.25, 0.3) is 5.91 Å². The van der Waals surface area contributed by atoms with Crippen LogP contribution in [0.25, 0.3) is 0 Å². The number of aliphatic hydroxyl groups excluding tert-OH is 1. The van der Waals surface area contributed by atoms with Crippen molar-refractivity contribution in [3.63, 3.8) is 0 Å². The molecule has 0 aromatic carbocycles. The fourth-order valence-electron chi connectivity index (χ4n) is 2.59. The number of hydrogen-bond donors (Lipinski definition) is 2. The zero-order valence-electron chi connectivity index (χ0n) is 13.8. The normalized spacial score (nSPS) is 16.3. The van der Waals surface area contributed by atoms with Crippen LogP contribution in [0.2, 0.25) is 5.15 Å². The fraction of sp³-hybridized carbons (Fsp3) is 0.625. The van der Waals surface area contributed by atoms with E-state index in [9.17, 15) is 9.90 Å². The summed E-state index contributed by atoms with van der Waals surface area (Å²) in [6, 6.07) is 3.31. The Balaban J connectivity index is 1.76. The van der Waals surface area contributed by atoms with Gasteiger partial charge in [-0.05, 0) is 37.9 Å². The van der Waals surface area contributed by atoms with E-state index in [0.717, 1.165) is 38.9 Å². The summed E-state index contributed by atoms with van der Waals surface area (Å²) < 4.78 is 0. The topological polar surface area (TPSA) is 68.7 Å². The van der Waals surface area contributed by atoms with Crippen molar-refractivity contribution in [1.82, 2.24) is 15.2 Å². The second-order valence-electron chi connectivity index (χ2n) is 6.11. The van der Waals surface area contributed by atoms with Gasteiger partial charge in [0.05, 0.1) is 6.10 Å². The number of anilines is 1. The van der Waals surface area contributed by atoms with Gasteiger partial charge < -0.3 is 20.2 Å². The molecule has 0 aliphatic carbocycles. The van der Waals surface area contributed by atoms with Crippen molar-refractivity contribution in [2.45, 2.75) is 25.4 Å². The lowest BCUT2D eigenvalue weighted by Crippen LogP contribution is -2.37. The minimum absolute atomic E-state index is 0.133. The quantitative estimate of drug-likeness (QED) is 0.605. The number of nitrogens with zero attached hydrogens (tertiary/aromatic N) is 3. The molecular weight excluding hydrogens is 316 g/mol. The van der Waals surface area contributed by atoms with Crippen LogP contribution in [0.5, 0.6) is 0 Å². The van der Waals surface area contributed by atoms with E-state index in [0.29, 0.717) is 23.1 Å². The van der Waals surface area contributed by atoms with Gasteiger partial charge in [-0.3, -0.25) is 4.79 Å². The molecule has 0 unspecified atom stereocenters. The van der Waals surface area contributed by atoms with Gasteiger partial charge in [-0.15, -0.1) is 0 Å². The molecule has 1 aliphatic heterocycles. The number of pyridine rings is 1. The van der Waals surface area contributed by atoms with E-state index in [-0.39, 0.29) is 12.0 Å². The monoisotopic (exact) mass is 340 g/mol. The van der Waals surface area contributed by atoms with Crippen LogP contribution in [0.3, 0.4) is 0 Å². The van der Waals surface area contributed by atoms with Crippen LogP contribution in [0.15, 0.2) is 12.1 Å². The van der Waals surface area contributed by atoms with Crippen molar-refractivity contribution in [2.75, 3.05) is 45.2 Å². The molecule has 6 nitrogen and oxygen atoms in total. The highest BCUT2D eigenvalue weighted by molar-refractivity contribution is 6.29. The number of halogens is 1. The Hall–Kier alpha value is -1.37. The zero-order chi connectivity index (χ0) is 16.8. The Labute approximate surface area is 142 Å². The third-order valence-electron chi connectivity index (χ3n) is 3.99. The molecule has 23 heavy (non-hydrogen) atoms. The van der Waals surface area contributed by atoms with Gasteiger partial charge in [0.15, 0.2) is 0 Å². The molecule has 1 amide bonds. The Bertz CT molecular complexity index is 531. The summed E-state index contributed by atoms with van der Waals surface area (Å²) in [4.78, 5) is 20.5. The summed E-state index contributed by atoms with van der Waals surface area (Å²) in [6.07, 6.45) is 2.43. The lowest BCUT2D eigenvalue weighted by Gasteiger charge is -2.29. The molecule has 2 N–H and O–H groups in total. The highest BCUT2D eigenvalue weighted by Gasteiger charge is 2.16. The first-order valence-corrected chi connectivity index (χ1v) is 8.37. The number of amides is 1. The van der Waals surface area contributed by atoms with Gasteiger partial charge in [-0.1, -0.05) is 11.6 Å². The number of aliphatic hydroxyl groups is 1. The van der Waals surface area contributed by atoms with Crippen molar-refractivity contribution in [2.24, 2.45) is 0 Å². The summed E-state index contributed by atoms with van der Waals surface area (Å²) in [5.74, 6) is 0.529. The van der Waals surface area contributed by atoms with E-state index >= 15 is 0 Å². The Kier molecular flexibility index (Phi) is 6.62. The molecule has 1 aliphatic rings. The standard InChI is InChI=1S/C16H25ClN4O2/c1-20(2)15-11-12(10-14(17)19-15)16(23)18-6-3-7-21-8-4-13(22)5-9-21/h10-11,13,22H,3-9H2,1-2H3,(H,18,23). The summed E-state index contributed by atoms with van der Waals surface area (Å²) in [5, 5.41) is 12.7. The van der Waals surface area contributed by atoms with Crippen LogP contribution < -0.4 is 10.2 Å². The number of rotatable bonds is 6. The Morgan fingerprint density at radius 1 is 1.43 bits per heavy atom. The summed E-state index contributed by atoms with van der Waals surface area (Å²) in [7, 11) is 3.71. The molecule has 1 aromatic rings. The van der Waals surface area contributed by atoms with Gasteiger partial charge >= 0.3 is 0 Å². The van der Waals surface area contributed by atoms with E-state index in [1.807, 2.05) is 19.0 Å². The maximum Gasteiger partial charge on any atom is 0.251 e. The lowest BCUT2D eigenvalue weighted by atomic mass is 10.1. The first-order valence-electron chi connectivity index (χ1n) is 7.99.